The van der Waals surface area contributed by atoms with E-state index in [0.717, 1.165) is 0 Å². The van der Waals surface area contributed by atoms with Crippen molar-refractivity contribution in [3.63, 3.8) is 0 Å². The number of nitrogens with zero attached hydrogens (tertiary/aromatic N) is 3. The lowest BCUT2D eigenvalue weighted by atomic mass is 9.96. The SMILES string of the molecule is CC(C)(C)N(C(=O)N1CCN(C(=O)O)CC1)C(C)(C)C. The van der Waals surface area contributed by atoms with E-state index in [0.29, 0.717) is 26.2 Å². The van der Waals surface area contributed by atoms with Crippen molar-refractivity contribution in [3.8, 4) is 0 Å². The maximum atomic E-state index is 12.8. The largest absolute Gasteiger partial charge is 0.465 e. The van der Waals surface area contributed by atoms with Gasteiger partial charge in [0, 0.05) is 37.3 Å². The van der Waals surface area contributed by atoms with Gasteiger partial charge in [0.25, 0.3) is 0 Å². The fourth-order valence-electron chi connectivity index (χ4n) is 2.81. The Labute approximate surface area is 121 Å². The molecule has 1 rings (SSSR count). The number of carbonyl (C=O) groups excluding carboxylic acids is 1. The molecule has 3 amide bonds. The van der Waals surface area contributed by atoms with Crippen molar-refractivity contribution in [2.75, 3.05) is 26.2 Å². The van der Waals surface area contributed by atoms with Gasteiger partial charge in [-0.25, -0.2) is 9.59 Å². The van der Waals surface area contributed by atoms with Gasteiger partial charge in [-0.1, -0.05) is 0 Å². The molecule has 1 heterocycles. The summed E-state index contributed by atoms with van der Waals surface area (Å²) in [6.45, 7) is 13.8. The van der Waals surface area contributed by atoms with Gasteiger partial charge in [0.15, 0.2) is 0 Å². The van der Waals surface area contributed by atoms with Crippen LogP contribution in [-0.2, 0) is 0 Å². The number of hydrogen-bond acceptors (Lipinski definition) is 2. The van der Waals surface area contributed by atoms with Gasteiger partial charge in [-0.3, -0.25) is 0 Å². The van der Waals surface area contributed by atoms with E-state index in [9.17, 15) is 9.59 Å². The summed E-state index contributed by atoms with van der Waals surface area (Å²) in [5, 5.41) is 8.94. The summed E-state index contributed by atoms with van der Waals surface area (Å²) >= 11 is 0. The summed E-state index contributed by atoms with van der Waals surface area (Å²) in [5.74, 6) is 0. The van der Waals surface area contributed by atoms with Gasteiger partial charge in [-0.15, -0.1) is 0 Å². The Kier molecular flexibility index (Phi) is 4.56. The summed E-state index contributed by atoms with van der Waals surface area (Å²) in [4.78, 5) is 28.6. The number of carbonyl (C=O) groups is 2. The third-order valence-electron chi connectivity index (χ3n) is 3.35. The van der Waals surface area contributed by atoms with Gasteiger partial charge in [-0.2, -0.15) is 0 Å². The number of piperazine rings is 1. The molecule has 1 fully saturated rings. The molecule has 6 nitrogen and oxygen atoms in total. The highest BCUT2D eigenvalue weighted by Gasteiger charge is 2.38. The third-order valence-corrected chi connectivity index (χ3v) is 3.35. The van der Waals surface area contributed by atoms with Crippen molar-refractivity contribution in [2.45, 2.75) is 52.6 Å². The predicted molar refractivity (Wildman–Crippen MR) is 77.9 cm³/mol. The first-order valence-electron chi connectivity index (χ1n) is 7.01. The first-order valence-corrected chi connectivity index (χ1v) is 7.01. The standard InChI is InChI=1S/C14H27N3O3/c1-13(2,3)17(14(4,5)6)11(18)15-7-9-16(10-8-15)12(19)20/h7-10H2,1-6H3,(H,19,20). The molecule has 0 saturated carbocycles. The molecule has 1 N–H and O–H groups in total. The molecule has 0 aromatic rings. The second-order valence-electron chi connectivity index (χ2n) is 7.22. The van der Waals surface area contributed by atoms with Crippen LogP contribution in [0.2, 0.25) is 0 Å². The molecule has 1 aliphatic heterocycles. The number of hydrogen-bond donors (Lipinski definition) is 1. The highest BCUT2D eigenvalue weighted by Crippen LogP contribution is 2.26. The molecule has 6 heteroatoms. The predicted octanol–water partition coefficient (Wildman–Crippen LogP) is 2.30. The van der Waals surface area contributed by atoms with Crippen molar-refractivity contribution in [1.29, 1.82) is 0 Å². The highest BCUT2D eigenvalue weighted by atomic mass is 16.4. The van der Waals surface area contributed by atoms with Gasteiger partial charge in [-0.05, 0) is 41.5 Å². The minimum atomic E-state index is -0.916. The second kappa shape index (κ2) is 5.50. The van der Waals surface area contributed by atoms with E-state index < -0.39 is 6.09 Å². The van der Waals surface area contributed by atoms with Crippen LogP contribution < -0.4 is 0 Å². The molecular formula is C14H27N3O3. The van der Waals surface area contributed by atoms with Gasteiger partial charge >= 0.3 is 12.1 Å². The molecular weight excluding hydrogens is 258 g/mol. The highest BCUT2D eigenvalue weighted by molar-refractivity contribution is 5.76. The zero-order valence-electron chi connectivity index (χ0n) is 13.4. The van der Waals surface area contributed by atoms with Gasteiger partial charge < -0.3 is 19.8 Å². The number of rotatable bonds is 0. The van der Waals surface area contributed by atoms with Crippen LogP contribution in [0.15, 0.2) is 0 Å². The molecule has 116 valence electrons. The quantitative estimate of drug-likeness (QED) is 0.742. The van der Waals surface area contributed by atoms with Crippen molar-refractivity contribution >= 4 is 12.1 Å². The summed E-state index contributed by atoms with van der Waals surface area (Å²) in [7, 11) is 0. The third kappa shape index (κ3) is 3.77. The van der Waals surface area contributed by atoms with E-state index in [2.05, 4.69) is 0 Å². The van der Waals surface area contributed by atoms with Gasteiger partial charge in [0.1, 0.15) is 0 Å². The Bertz CT molecular complexity index is 360. The molecule has 1 saturated heterocycles. The van der Waals surface area contributed by atoms with Crippen LogP contribution in [0.5, 0.6) is 0 Å². The second-order valence-corrected chi connectivity index (χ2v) is 7.22. The van der Waals surface area contributed by atoms with E-state index in [1.54, 1.807) is 4.90 Å². The molecule has 1 aliphatic rings. The average molecular weight is 285 g/mol. The molecule has 20 heavy (non-hydrogen) atoms. The zero-order valence-corrected chi connectivity index (χ0v) is 13.4. The molecule has 0 spiro atoms. The minimum Gasteiger partial charge on any atom is -0.465 e. The average Bonchev–Trinajstić information content (AvgIpc) is 2.25. The number of amides is 3. The maximum Gasteiger partial charge on any atom is 0.407 e. The lowest BCUT2D eigenvalue weighted by molar-refractivity contribution is 0.0385. The fraction of sp³-hybridized carbons (Fsp3) is 0.857. The van der Waals surface area contributed by atoms with Crippen LogP contribution >= 0.6 is 0 Å². The fourth-order valence-corrected chi connectivity index (χ4v) is 2.81. The Balaban J connectivity index is 2.81. The Hall–Kier alpha value is -1.46. The van der Waals surface area contributed by atoms with Crippen LogP contribution in [0.4, 0.5) is 9.59 Å². The summed E-state index contributed by atoms with van der Waals surface area (Å²) in [6, 6.07) is -0.0185. The Morgan fingerprint density at radius 1 is 0.850 bits per heavy atom. The Morgan fingerprint density at radius 3 is 1.50 bits per heavy atom. The van der Waals surface area contributed by atoms with E-state index >= 15 is 0 Å². The van der Waals surface area contributed by atoms with Gasteiger partial charge in [0.05, 0.1) is 0 Å². The van der Waals surface area contributed by atoms with Crippen molar-refractivity contribution in [3.05, 3.63) is 0 Å². The van der Waals surface area contributed by atoms with E-state index in [-0.39, 0.29) is 17.1 Å². The maximum absolute atomic E-state index is 12.8. The lowest BCUT2D eigenvalue weighted by Gasteiger charge is -2.48. The number of urea groups is 1. The molecule has 0 atom stereocenters. The molecule has 0 radical (unpaired) electrons. The van der Waals surface area contributed by atoms with Gasteiger partial charge in [0.2, 0.25) is 0 Å². The monoisotopic (exact) mass is 285 g/mol. The Morgan fingerprint density at radius 2 is 1.20 bits per heavy atom. The number of carboxylic acid groups (broad SMARTS) is 1. The molecule has 0 aromatic heterocycles. The van der Waals surface area contributed by atoms with E-state index in [4.69, 9.17) is 5.11 Å². The smallest absolute Gasteiger partial charge is 0.407 e. The topological polar surface area (TPSA) is 64.1 Å². The molecule has 0 aliphatic carbocycles. The molecule has 0 unspecified atom stereocenters. The lowest BCUT2D eigenvalue weighted by Crippen LogP contribution is -2.62. The van der Waals surface area contributed by atoms with Crippen LogP contribution in [0.3, 0.4) is 0 Å². The zero-order chi connectivity index (χ0) is 15.7. The normalized spacial score (nSPS) is 17.1. The van der Waals surface area contributed by atoms with E-state index in [1.807, 2.05) is 46.4 Å². The summed E-state index contributed by atoms with van der Waals surface area (Å²) in [5.41, 5.74) is -0.557. The van der Waals surface area contributed by atoms with Crippen LogP contribution in [-0.4, -0.2) is 69.2 Å². The van der Waals surface area contributed by atoms with Crippen LogP contribution in [0, 0.1) is 0 Å². The first kappa shape index (κ1) is 16.6. The minimum absolute atomic E-state index is 0.0185. The van der Waals surface area contributed by atoms with Crippen molar-refractivity contribution < 1.29 is 14.7 Å². The van der Waals surface area contributed by atoms with Crippen LogP contribution in [0.25, 0.3) is 0 Å². The van der Waals surface area contributed by atoms with E-state index in [1.165, 1.54) is 4.90 Å². The summed E-state index contributed by atoms with van der Waals surface area (Å²) < 4.78 is 0. The van der Waals surface area contributed by atoms with Crippen molar-refractivity contribution in [2.24, 2.45) is 0 Å². The van der Waals surface area contributed by atoms with Crippen LogP contribution in [0.1, 0.15) is 41.5 Å². The first-order chi connectivity index (χ1) is 8.94. The molecule has 0 aromatic carbocycles. The van der Waals surface area contributed by atoms with Crippen molar-refractivity contribution in [1.82, 2.24) is 14.7 Å². The molecule has 0 bridgehead atoms. The summed E-state index contributed by atoms with van der Waals surface area (Å²) in [6.07, 6.45) is -0.916.